The molecule has 2 aromatic heterocycles. The Kier molecular flexibility index (Phi) is 5.65. The maximum absolute atomic E-state index is 12.4. The largest absolute Gasteiger partial charge is 0.496 e. The van der Waals surface area contributed by atoms with Crippen LogP contribution in [-0.2, 0) is 6.42 Å². The van der Waals surface area contributed by atoms with Gasteiger partial charge in [-0.3, -0.25) is 4.79 Å². The van der Waals surface area contributed by atoms with Crippen molar-refractivity contribution in [3.05, 3.63) is 59.1 Å². The molecule has 3 rings (SSSR count). The number of aryl methyl sites for hydroxylation is 2. The number of methoxy groups -OCH3 is 1. The molecule has 1 amide bonds. The van der Waals surface area contributed by atoms with Crippen LogP contribution in [0.4, 0.5) is 11.8 Å². The maximum Gasteiger partial charge on any atom is 0.275 e. The highest BCUT2D eigenvalue weighted by Gasteiger charge is 2.13. The third-order valence-corrected chi connectivity index (χ3v) is 3.83. The van der Waals surface area contributed by atoms with E-state index in [0.29, 0.717) is 29.8 Å². The smallest absolute Gasteiger partial charge is 0.275 e. The molecule has 8 heteroatoms. The van der Waals surface area contributed by atoms with Gasteiger partial charge < -0.3 is 19.9 Å². The number of hydrogen-bond acceptors (Lipinski definition) is 7. The number of anilines is 2. The molecule has 1 aromatic carbocycles. The first-order valence-electron chi connectivity index (χ1n) is 8.51. The van der Waals surface area contributed by atoms with E-state index in [4.69, 9.17) is 9.26 Å². The Morgan fingerprint density at radius 1 is 1.19 bits per heavy atom. The Morgan fingerprint density at radius 3 is 2.74 bits per heavy atom. The monoisotopic (exact) mass is 367 g/mol. The Bertz CT molecular complexity index is 939. The first-order chi connectivity index (χ1) is 13.0. The first-order valence-corrected chi connectivity index (χ1v) is 8.51. The zero-order chi connectivity index (χ0) is 19.2. The summed E-state index contributed by atoms with van der Waals surface area (Å²) in [5, 5.41) is 9.56. The molecule has 140 valence electrons. The molecular weight excluding hydrogens is 346 g/mol. The van der Waals surface area contributed by atoms with Gasteiger partial charge >= 0.3 is 0 Å². The molecule has 0 saturated heterocycles. The molecule has 0 unspecified atom stereocenters. The van der Waals surface area contributed by atoms with Crippen molar-refractivity contribution < 1.29 is 14.1 Å². The summed E-state index contributed by atoms with van der Waals surface area (Å²) in [6.45, 7) is 4.17. The fourth-order valence-electron chi connectivity index (χ4n) is 2.59. The summed E-state index contributed by atoms with van der Waals surface area (Å²) in [4.78, 5) is 21.0. The molecule has 8 nitrogen and oxygen atoms in total. The number of amides is 1. The van der Waals surface area contributed by atoms with E-state index in [0.717, 1.165) is 17.7 Å². The second kappa shape index (κ2) is 8.31. The SMILES string of the molecule is COc1ccccc1CCNc1nc(C)cc(C(=O)Nc2cc(C)on2)n1. The lowest BCUT2D eigenvalue weighted by atomic mass is 10.1. The van der Waals surface area contributed by atoms with Gasteiger partial charge in [-0.1, -0.05) is 23.4 Å². The van der Waals surface area contributed by atoms with E-state index >= 15 is 0 Å². The molecule has 0 atom stereocenters. The van der Waals surface area contributed by atoms with Crippen LogP contribution in [0.2, 0.25) is 0 Å². The highest BCUT2D eigenvalue weighted by atomic mass is 16.5. The summed E-state index contributed by atoms with van der Waals surface area (Å²) < 4.78 is 10.3. The molecule has 0 fully saturated rings. The van der Waals surface area contributed by atoms with Gasteiger partial charge in [0.2, 0.25) is 5.95 Å². The van der Waals surface area contributed by atoms with E-state index in [1.54, 1.807) is 26.2 Å². The minimum absolute atomic E-state index is 0.253. The van der Waals surface area contributed by atoms with Crippen molar-refractivity contribution in [3.63, 3.8) is 0 Å². The number of para-hydroxylation sites is 1. The van der Waals surface area contributed by atoms with Crippen molar-refractivity contribution in [2.45, 2.75) is 20.3 Å². The maximum atomic E-state index is 12.4. The van der Waals surface area contributed by atoms with Gasteiger partial charge in [-0.25, -0.2) is 9.97 Å². The minimum atomic E-state index is -0.374. The second-order valence-electron chi connectivity index (χ2n) is 5.98. The average Bonchev–Trinajstić information content (AvgIpc) is 3.06. The molecule has 0 aliphatic carbocycles. The highest BCUT2D eigenvalue weighted by molar-refractivity contribution is 6.02. The third-order valence-electron chi connectivity index (χ3n) is 3.83. The zero-order valence-corrected chi connectivity index (χ0v) is 15.4. The predicted molar refractivity (Wildman–Crippen MR) is 101 cm³/mol. The fourth-order valence-corrected chi connectivity index (χ4v) is 2.59. The number of ether oxygens (including phenoxy) is 1. The van der Waals surface area contributed by atoms with Crippen molar-refractivity contribution in [2.75, 3.05) is 24.3 Å². The van der Waals surface area contributed by atoms with Crippen LogP contribution in [0.3, 0.4) is 0 Å². The molecule has 0 spiro atoms. The average molecular weight is 367 g/mol. The standard InChI is InChI=1S/C19H21N5O3/c1-12-10-15(18(25)23-17-11-13(2)27-24-17)22-19(21-12)20-9-8-14-6-4-5-7-16(14)26-3/h4-7,10-11H,8-9H2,1-3H3,(H,20,21,22)(H,23,24,25). The Hall–Kier alpha value is -3.42. The van der Waals surface area contributed by atoms with Crippen molar-refractivity contribution in [1.82, 2.24) is 15.1 Å². The van der Waals surface area contributed by atoms with Crippen LogP contribution in [0.5, 0.6) is 5.75 Å². The number of rotatable bonds is 7. The molecule has 3 aromatic rings. The molecule has 27 heavy (non-hydrogen) atoms. The third kappa shape index (κ3) is 4.81. The van der Waals surface area contributed by atoms with Gasteiger partial charge in [-0.15, -0.1) is 0 Å². The van der Waals surface area contributed by atoms with Crippen LogP contribution in [0.1, 0.15) is 27.5 Å². The Morgan fingerprint density at radius 2 is 2.00 bits per heavy atom. The summed E-state index contributed by atoms with van der Waals surface area (Å²) in [6.07, 6.45) is 0.737. The van der Waals surface area contributed by atoms with Gasteiger partial charge in [-0.2, -0.15) is 0 Å². The minimum Gasteiger partial charge on any atom is -0.496 e. The molecule has 0 aliphatic rings. The van der Waals surface area contributed by atoms with E-state index in [-0.39, 0.29) is 11.6 Å². The normalized spacial score (nSPS) is 10.5. The first kappa shape index (κ1) is 18.4. The number of nitrogens with zero attached hydrogens (tertiary/aromatic N) is 3. The summed E-state index contributed by atoms with van der Waals surface area (Å²) >= 11 is 0. The van der Waals surface area contributed by atoms with Crippen LogP contribution in [0.15, 0.2) is 40.9 Å². The quantitative estimate of drug-likeness (QED) is 0.662. The van der Waals surface area contributed by atoms with Gasteiger partial charge in [0.1, 0.15) is 17.2 Å². The van der Waals surface area contributed by atoms with E-state index in [9.17, 15) is 4.79 Å². The summed E-state index contributed by atoms with van der Waals surface area (Å²) in [7, 11) is 1.65. The van der Waals surface area contributed by atoms with Crippen molar-refractivity contribution in [3.8, 4) is 5.75 Å². The van der Waals surface area contributed by atoms with Crippen molar-refractivity contribution in [1.29, 1.82) is 0 Å². The van der Waals surface area contributed by atoms with Crippen molar-refractivity contribution in [2.24, 2.45) is 0 Å². The van der Waals surface area contributed by atoms with Gasteiger partial charge in [0.15, 0.2) is 5.82 Å². The van der Waals surface area contributed by atoms with Crippen LogP contribution in [0.25, 0.3) is 0 Å². The summed E-state index contributed by atoms with van der Waals surface area (Å²) in [6, 6.07) is 11.1. The number of aromatic nitrogens is 3. The molecule has 0 saturated carbocycles. The number of carbonyl (C=O) groups excluding carboxylic acids is 1. The number of hydrogen-bond donors (Lipinski definition) is 2. The van der Waals surface area contributed by atoms with Gasteiger partial charge in [0.05, 0.1) is 7.11 Å². The lowest BCUT2D eigenvalue weighted by Crippen LogP contribution is -2.17. The molecule has 2 N–H and O–H groups in total. The number of benzene rings is 1. The van der Waals surface area contributed by atoms with Crippen LogP contribution in [0, 0.1) is 13.8 Å². The lowest BCUT2D eigenvalue weighted by molar-refractivity contribution is 0.102. The van der Waals surface area contributed by atoms with Gasteiger partial charge in [0, 0.05) is 18.3 Å². The molecule has 2 heterocycles. The molecular formula is C19H21N5O3. The van der Waals surface area contributed by atoms with E-state index < -0.39 is 0 Å². The molecule has 0 radical (unpaired) electrons. The van der Waals surface area contributed by atoms with Crippen LogP contribution >= 0.6 is 0 Å². The summed E-state index contributed by atoms with van der Waals surface area (Å²) in [5.74, 6) is 1.82. The van der Waals surface area contributed by atoms with Crippen LogP contribution in [-0.4, -0.2) is 34.7 Å². The number of nitrogens with one attached hydrogen (secondary N) is 2. The Labute approximate surface area is 157 Å². The van der Waals surface area contributed by atoms with E-state index in [1.165, 1.54) is 0 Å². The van der Waals surface area contributed by atoms with Gasteiger partial charge in [0.25, 0.3) is 5.91 Å². The van der Waals surface area contributed by atoms with Crippen molar-refractivity contribution >= 4 is 17.7 Å². The Balaban J connectivity index is 1.65. The second-order valence-corrected chi connectivity index (χ2v) is 5.98. The van der Waals surface area contributed by atoms with E-state index in [1.807, 2.05) is 31.2 Å². The summed E-state index contributed by atoms with van der Waals surface area (Å²) in [5.41, 5.74) is 2.02. The number of carbonyl (C=O) groups is 1. The zero-order valence-electron chi connectivity index (χ0n) is 15.4. The van der Waals surface area contributed by atoms with E-state index in [2.05, 4.69) is 25.8 Å². The van der Waals surface area contributed by atoms with Gasteiger partial charge in [-0.05, 0) is 38.0 Å². The van der Waals surface area contributed by atoms with Crippen LogP contribution < -0.4 is 15.4 Å². The molecule has 0 bridgehead atoms. The lowest BCUT2D eigenvalue weighted by Gasteiger charge is -2.10. The topological polar surface area (TPSA) is 102 Å². The predicted octanol–water partition coefficient (Wildman–Crippen LogP) is 3.00. The fraction of sp³-hybridized carbons (Fsp3) is 0.263. The highest BCUT2D eigenvalue weighted by Crippen LogP contribution is 2.18. The molecule has 0 aliphatic heterocycles.